The monoisotopic (exact) mass is 466 g/mol. The van der Waals surface area contributed by atoms with Gasteiger partial charge >= 0.3 is 5.97 Å². The van der Waals surface area contributed by atoms with Crippen LogP contribution in [0.3, 0.4) is 0 Å². The maximum Gasteiger partial charge on any atom is 0.303 e. The predicted molar refractivity (Wildman–Crippen MR) is 121 cm³/mol. The van der Waals surface area contributed by atoms with Gasteiger partial charge in [-0.15, -0.1) is 0 Å². The van der Waals surface area contributed by atoms with E-state index < -0.39 is 5.97 Å². The molecule has 0 bridgehead atoms. The molecule has 0 aliphatic carbocycles. The number of esters is 1. The molecule has 33 heavy (non-hydrogen) atoms. The molecular weight excluding hydrogens is 444 g/mol. The summed E-state index contributed by atoms with van der Waals surface area (Å²) in [7, 11) is 0. The number of amides is 1. The van der Waals surface area contributed by atoms with E-state index in [4.69, 9.17) is 9.26 Å². The molecule has 170 valence electrons. The van der Waals surface area contributed by atoms with Gasteiger partial charge in [0.25, 0.3) is 11.8 Å². The van der Waals surface area contributed by atoms with Crippen molar-refractivity contribution in [2.45, 2.75) is 37.6 Å². The van der Waals surface area contributed by atoms with Crippen LogP contribution in [0.1, 0.15) is 36.0 Å². The molecule has 2 aliphatic heterocycles. The number of benzene rings is 1. The van der Waals surface area contributed by atoms with Crippen molar-refractivity contribution >= 4 is 35.1 Å². The third-order valence-electron chi connectivity index (χ3n) is 5.73. The Morgan fingerprint density at radius 3 is 3.03 bits per heavy atom. The van der Waals surface area contributed by atoms with Crippen LogP contribution in [-0.2, 0) is 16.1 Å². The second-order valence-corrected chi connectivity index (χ2v) is 8.61. The largest absolute Gasteiger partial charge is 0.456 e. The summed E-state index contributed by atoms with van der Waals surface area (Å²) in [5.41, 5.74) is 1.93. The van der Waals surface area contributed by atoms with Crippen LogP contribution in [0.2, 0.25) is 0 Å². The number of hydrogen-bond acceptors (Lipinski definition) is 10. The van der Waals surface area contributed by atoms with Crippen molar-refractivity contribution in [2.24, 2.45) is 0 Å². The van der Waals surface area contributed by atoms with E-state index in [1.165, 1.54) is 18.7 Å². The van der Waals surface area contributed by atoms with Crippen molar-refractivity contribution in [1.82, 2.24) is 20.1 Å². The predicted octanol–water partition coefficient (Wildman–Crippen LogP) is 2.94. The fourth-order valence-electron chi connectivity index (χ4n) is 4.20. The number of nitrogens with zero attached hydrogens (tertiary/aromatic N) is 6. The van der Waals surface area contributed by atoms with Crippen LogP contribution in [-0.4, -0.2) is 57.4 Å². The first-order chi connectivity index (χ1) is 16.0. The molecule has 0 saturated carbocycles. The number of hydrogen-bond donors (Lipinski definition) is 0. The van der Waals surface area contributed by atoms with E-state index in [1.54, 1.807) is 11.1 Å². The molecule has 2 aromatic heterocycles. The van der Waals surface area contributed by atoms with Gasteiger partial charge in [0.05, 0.1) is 0 Å². The van der Waals surface area contributed by atoms with Crippen LogP contribution in [0.5, 0.6) is 0 Å². The fraction of sp³-hybridized carbons (Fsp3) is 0.364. The maximum atomic E-state index is 13.6. The molecule has 1 amide bonds. The van der Waals surface area contributed by atoms with Gasteiger partial charge in [-0.2, -0.15) is 4.98 Å². The number of carbonyl (C=O) groups excluding carboxylic acids is 2. The van der Waals surface area contributed by atoms with Crippen LogP contribution in [0, 0.1) is 0 Å². The lowest BCUT2D eigenvalue weighted by molar-refractivity contribution is -0.143. The molecule has 2 aliphatic rings. The second kappa shape index (κ2) is 8.81. The summed E-state index contributed by atoms with van der Waals surface area (Å²) >= 11 is 1.46. The van der Waals surface area contributed by atoms with Gasteiger partial charge in [-0.1, -0.05) is 29.1 Å². The third kappa shape index (κ3) is 4.15. The van der Waals surface area contributed by atoms with Crippen LogP contribution in [0.15, 0.2) is 40.1 Å². The van der Waals surface area contributed by atoms with Gasteiger partial charge in [-0.05, 0) is 31.2 Å². The molecule has 4 heterocycles. The minimum absolute atomic E-state index is 0.0844. The number of carbonyl (C=O) groups is 2. The van der Waals surface area contributed by atoms with E-state index in [0.717, 1.165) is 25.1 Å². The van der Waals surface area contributed by atoms with Crippen molar-refractivity contribution in [3.05, 3.63) is 41.9 Å². The molecule has 0 N–H and O–H groups in total. The van der Waals surface area contributed by atoms with Crippen LogP contribution < -0.4 is 9.80 Å². The van der Waals surface area contributed by atoms with E-state index in [-0.39, 0.29) is 24.4 Å². The van der Waals surface area contributed by atoms with Crippen LogP contribution >= 0.6 is 11.8 Å². The van der Waals surface area contributed by atoms with E-state index in [1.807, 2.05) is 30.5 Å². The standard InChI is InChI=1S/C22H22N6O4S/c1-13(29)31-12-18-24-19(26-32-18)14-5-3-6-15(9-14)28-11-16-7-4-8-27(16)20-17(21(28)30)10-23-22(25-20)33-2/h3,5-6,9-10,16H,4,7-8,11-12H2,1-2H3. The van der Waals surface area contributed by atoms with E-state index in [2.05, 4.69) is 25.0 Å². The molecule has 10 nitrogen and oxygen atoms in total. The number of anilines is 2. The van der Waals surface area contributed by atoms with Gasteiger partial charge in [0, 0.05) is 43.5 Å². The molecule has 1 aromatic carbocycles. The van der Waals surface area contributed by atoms with Gasteiger partial charge in [-0.25, -0.2) is 9.97 Å². The smallest absolute Gasteiger partial charge is 0.303 e. The zero-order valence-electron chi connectivity index (χ0n) is 18.2. The van der Waals surface area contributed by atoms with Gasteiger partial charge in [-0.3, -0.25) is 9.59 Å². The van der Waals surface area contributed by atoms with Gasteiger partial charge in [0.15, 0.2) is 11.8 Å². The quantitative estimate of drug-likeness (QED) is 0.316. The first-order valence-electron chi connectivity index (χ1n) is 10.6. The summed E-state index contributed by atoms with van der Waals surface area (Å²) in [4.78, 5) is 41.9. The van der Waals surface area contributed by atoms with Gasteiger partial charge < -0.3 is 19.1 Å². The number of rotatable bonds is 5. The normalized spacial score (nSPS) is 17.5. The summed E-state index contributed by atoms with van der Waals surface area (Å²) in [5, 5.41) is 4.64. The minimum Gasteiger partial charge on any atom is -0.456 e. The highest BCUT2D eigenvalue weighted by atomic mass is 32.2. The number of fused-ring (bicyclic) bond motifs is 3. The molecular formula is C22H22N6O4S. The fourth-order valence-corrected chi connectivity index (χ4v) is 4.53. The van der Waals surface area contributed by atoms with Crippen molar-refractivity contribution in [1.29, 1.82) is 0 Å². The van der Waals surface area contributed by atoms with Crippen molar-refractivity contribution in [2.75, 3.05) is 29.1 Å². The molecule has 1 atom stereocenters. The lowest BCUT2D eigenvalue weighted by atomic mass is 10.1. The van der Waals surface area contributed by atoms with Crippen LogP contribution in [0.25, 0.3) is 11.4 Å². The zero-order valence-corrected chi connectivity index (χ0v) is 19.0. The number of ether oxygens (including phenoxy) is 1. The van der Waals surface area contributed by atoms with Gasteiger partial charge in [0.2, 0.25) is 5.82 Å². The molecule has 5 rings (SSSR count). The lowest BCUT2D eigenvalue weighted by Gasteiger charge is -2.27. The van der Waals surface area contributed by atoms with Crippen LogP contribution in [0.4, 0.5) is 11.5 Å². The number of thioether (sulfide) groups is 1. The highest BCUT2D eigenvalue weighted by Crippen LogP contribution is 2.35. The minimum atomic E-state index is -0.425. The summed E-state index contributed by atoms with van der Waals surface area (Å²) in [5.74, 6) is 0.721. The Kier molecular flexibility index (Phi) is 5.71. The van der Waals surface area contributed by atoms with E-state index in [9.17, 15) is 9.59 Å². The Labute approximate surface area is 194 Å². The molecule has 1 unspecified atom stereocenters. The molecule has 3 aromatic rings. The molecule has 1 saturated heterocycles. The molecule has 0 spiro atoms. The highest BCUT2D eigenvalue weighted by molar-refractivity contribution is 7.98. The SMILES string of the molecule is CSc1ncc2c(n1)N1CCCC1CN(c1cccc(-c3noc(COC(C)=O)n3)c1)C2=O. The van der Waals surface area contributed by atoms with E-state index in [0.29, 0.717) is 34.5 Å². The topological polar surface area (TPSA) is 115 Å². The Morgan fingerprint density at radius 1 is 1.33 bits per heavy atom. The summed E-state index contributed by atoms with van der Waals surface area (Å²) in [6, 6.07) is 7.63. The molecule has 0 radical (unpaired) electrons. The summed E-state index contributed by atoms with van der Waals surface area (Å²) in [6.07, 6.45) is 5.61. The second-order valence-electron chi connectivity index (χ2n) is 7.84. The Hall–Kier alpha value is -3.47. The van der Waals surface area contributed by atoms with Crippen molar-refractivity contribution in [3.63, 3.8) is 0 Å². The summed E-state index contributed by atoms with van der Waals surface area (Å²) < 4.78 is 10.1. The van der Waals surface area contributed by atoms with Crippen molar-refractivity contribution in [3.8, 4) is 11.4 Å². The van der Waals surface area contributed by atoms with E-state index >= 15 is 0 Å². The highest BCUT2D eigenvalue weighted by Gasteiger charge is 2.37. The average molecular weight is 467 g/mol. The molecule has 1 fully saturated rings. The average Bonchev–Trinajstić information content (AvgIpc) is 3.48. The zero-order chi connectivity index (χ0) is 22.9. The third-order valence-corrected chi connectivity index (χ3v) is 6.29. The first-order valence-corrected chi connectivity index (χ1v) is 11.8. The Balaban J connectivity index is 1.48. The molecule has 11 heteroatoms. The lowest BCUT2D eigenvalue weighted by Crippen LogP contribution is -2.39. The summed E-state index contributed by atoms with van der Waals surface area (Å²) in [6.45, 7) is 2.66. The van der Waals surface area contributed by atoms with Gasteiger partial charge in [0.1, 0.15) is 11.4 Å². The maximum absolute atomic E-state index is 13.6. The first kappa shape index (κ1) is 21.4. The Bertz CT molecular complexity index is 1220. The number of aromatic nitrogens is 4. The Morgan fingerprint density at radius 2 is 2.21 bits per heavy atom. The van der Waals surface area contributed by atoms with Crippen molar-refractivity contribution < 1.29 is 18.8 Å².